The van der Waals surface area contributed by atoms with Crippen molar-refractivity contribution >= 4 is 5.97 Å². The number of aliphatic hydroxyl groups is 1. The Kier molecular flexibility index (Phi) is 4.59. The molecule has 104 valence electrons. The van der Waals surface area contributed by atoms with Crippen molar-refractivity contribution in [2.75, 3.05) is 0 Å². The maximum atomic E-state index is 11.2. The number of aryl methyl sites for hydroxylation is 1. The van der Waals surface area contributed by atoms with Gasteiger partial charge in [0.25, 0.3) is 0 Å². The van der Waals surface area contributed by atoms with Gasteiger partial charge >= 0.3 is 5.97 Å². The van der Waals surface area contributed by atoms with Gasteiger partial charge in [0.1, 0.15) is 0 Å². The van der Waals surface area contributed by atoms with Crippen LogP contribution in [-0.4, -0.2) is 16.2 Å². The van der Waals surface area contributed by atoms with Crippen LogP contribution in [0.1, 0.15) is 49.8 Å². The summed E-state index contributed by atoms with van der Waals surface area (Å²) in [6, 6.07) is 7.94. The number of carboxylic acid groups (broad SMARTS) is 1. The Bertz CT molecular complexity index is 424. The Labute approximate surface area is 114 Å². The number of carbonyl (C=O) groups is 1. The minimum absolute atomic E-state index is 0.144. The zero-order chi connectivity index (χ0) is 13.8. The Balaban J connectivity index is 2.10. The van der Waals surface area contributed by atoms with E-state index >= 15 is 0 Å². The average Bonchev–Trinajstić information content (AvgIpc) is 2.88. The molecule has 0 radical (unpaired) electrons. The predicted octanol–water partition coefficient (Wildman–Crippen LogP) is 3.17. The van der Waals surface area contributed by atoms with E-state index in [9.17, 15) is 15.0 Å². The summed E-state index contributed by atoms with van der Waals surface area (Å²) in [5, 5.41) is 19.6. The van der Waals surface area contributed by atoms with Crippen molar-refractivity contribution in [1.29, 1.82) is 0 Å². The van der Waals surface area contributed by atoms with Gasteiger partial charge in [-0.3, -0.25) is 4.79 Å². The zero-order valence-corrected chi connectivity index (χ0v) is 11.4. The molecule has 0 saturated heterocycles. The molecule has 0 amide bonds. The fourth-order valence-corrected chi connectivity index (χ4v) is 3.09. The van der Waals surface area contributed by atoms with Crippen LogP contribution in [0.5, 0.6) is 0 Å². The lowest BCUT2D eigenvalue weighted by Gasteiger charge is -2.22. The van der Waals surface area contributed by atoms with Gasteiger partial charge in [-0.1, -0.05) is 44.0 Å². The molecule has 1 aromatic rings. The number of benzene rings is 1. The molecule has 0 aliphatic heterocycles. The van der Waals surface area contributed by atoms with Crippen LogP contribution in [-0.2, 0) is 11.2 Å². The molecule has 1 saturated carbocycles. The summed E-state index contributed by atoms with van der Waals surface area (Å²) in [7, 11) is 0. The second-order valence-electron chi connectivity index (χ2n) is 5.48. The van der Waals surface area contributed by atoms with Gasteiger partial charge in [0.2, 0.25) is 0 Å². The number of aliphatic carboxylic acids is 1. The number of aliphatic hydroxyl groups excluding tert-OH is 1. The monoisotopic (exact) mass is 262 g/mol. The van der Waals surface area contributed by atoms with Crippen molar-refractivity contribution in [2.24, 2.45) is 11.8 Å². The average molecular weight is 262 g/mol. The molecule has 0 heterocycles. The van der Waals surface area contributed by atoms with E-state index in [0.29, 0.717) is 6.42 Å². The fourth-order valence-electron chi connectivity index (χ4n) is 3.09. The predicted molar refractivity (Wildman–Crippen MR) is 73.9 cm³/mol. The third-order valence-corrected chi connectivity index (χ3v) is 4.15. The molecule has 1 aromatic carbocycles. The standard InChI is InChI=1S/C16H22O3/c1-2-4-11-7-9-12(10-8-11)15(17)13-5-3-6-14(13)16(18)19/h7-10,13-15,17H,2-6H2,1H3,(H,18,19). The maximum Gasteiger partial charge on any atom is 0.306 e. The molecule has 2 rings (SSSR count). The number of hydrogen-bond acceptors (Lipinski definition) is 2. The second-order valence-corrected chi connectivity index (χ2v) is 5.48. The lowest BCUT2D eigenvalue weighted by atomic mass is 9.86. The Morgan fingerprint density at radius 1 is 1.32 bits per heavy atom. The van der Waals surface area contributed by atoms with Gasteiger partial charge < -0.3 is 10.2 Å². The van der Waals surface area contributed by atoms with E-state index in [1.54, 1.807) is 0 Å². The largest absolute Gasteiger partial charge is 0.481 e. The van der Waals surface area contributed by atoms with Crippen molar-refractivity contribution < 1.29 is 15.0 Å². The van der Waals surface area contributed by atoms with Crippen molar-refractivity contribution in [3.8, 4) is 0 Å². The van der Waals surface area contributed by atoms with E-state index in [2.05, 4.69) is 6.92 Å². The lowest BCUT2D eigenvalue weighted by molar-refractivity contribution is -0.144. The summed E-state index contributed by atoms with van der Waals surface area (Å²) in [4.78, 5) is 11.2. The van der Waals surface area contributed by atoms with Crippen molar-refractivity contribution in [1.82, 2.24) is 0 Å². The van der Waals surface area contributed by atoms with Gasteiger partial charge in [0.15, 0.2) is 0 Å². The van der Waals surface area contributed by atoms with E-state index < -0.39 is 18.0 Å². The lowest BCUT2D eigenvalue weighted by Crippen LogP contribution is -2.23. The van der Waals surface area contributed by atoms with Crippen LogP contribution in [0.3, 0.4) is 0 Å². The number of rotatable bonds is 5. The van der Waals surface area contributed by atoms with Gasteiger partial charge in [-0.15, -0.1) is 0 Å². The summed E-state index contributed by atoms with van der Waals surface area (Å²) < 4.78 is 0. The Morgan fingerprint density at radius 2 is 2.00 bits per heavy atom. The summed E-state index contributed by atoms with van der Waals surface area (Å²) in [5.74, 6) is -1.32. The quantitative estimate of drug-likeness (QED) is 0.857. The molecule has 3 atom stereocenters. The van der Waals surface area contributed by atoms with Crippen LogP contribution in [0.2, 0.25) is 0 Å². The van der Waals surface area contributed by atoms with Crippen molar-refractivity contribution in [3.63, 3.8) is 0 Å². The first kappa shape index (κ1) is 14.1. The molecule has 0 bridgehead atoms. The first-order valence-corrected chi connectivity index (χ1v) is 7.13. The summed E-state index contributed by atoms with van der Waals surface area (Å²) in [6.45, 7) is 2.14. The highest BCUT2D eigenvalue weighted by atomic mass is 16.4. The molecule has 1 fully saturated rings. The number of hydrogen-bond donors (Lipinski definition) is 2. The topological polar surface area (TPSA) is 57.5 Å². The van der Waals surface area contributed by atoms with E-state index in [4.69, 9.17) is 0 Å². The molecular formula is C16H22O3. The van der Waals surface area contributed by atoms with Crippen LogP contribution in [0, 0.1) is 11.8 Å². The normalized spacial score (nSPS) is 24.3. The molecule has 0 spiro atoms. The molecule has 3 heteroatoms. The molecule has 3 unspecified atom stereocenters. The van der Waals surface area contributed by atoms with Crippen molar-refractivity contribution in [2.45, 2.75) is 45.1 Å². The van der Waals surface area contributed by atoms with E-state index in [-0.39, 0.29) is 5.92 Å². The number of carboxylic acids is 1. The maximum absolute atomic E-state index is 11.2. The highest BCUT2D eigenvalue weighted by Gasteiger charge is 2.37. The Hall–Kier alpha value is -1.35. The fraction of sp³-hybridized carbons (Fsp3) is 0.562. The van der Waals surface area contributed by atoms with Gasteiger partial charge in [-0.2, -0.15) is 0 Å². The zero-order valence-electron chi connectivity index (χ0n) is 11.4. The molecule has 3 nitrogen and oxygen atoms in total. The minimum atomic E-state index is -0.774. The van der Waals surface area contributed by atoms with E-state index in [1.165, 1.54) is 5.56 Å². The van der Waals surface area contributed by atoms with Crippen LogP contribution in [0.25, 0.3) is 0 Å². The van der Waals surface area contributed by atoms with Crippen LogP contribution in [0.4, 0.5) is 0 Å². The highest BCUT2D eigenvalue weighted by molar-refractivity contribution is 5.70. The van der Waals surface area contributed by atoms with Crippen molar-refractivity contribution in [3.05, 3.63) is 35.4 Å². The smallest absolute Gasteiger partial charge is 0.306 e. The van der Waals surface area contributed by atoms with Crippen LogP contribution >= 0.6 is 0 Å². The Morgan fingerprint density at radius 3 is 2.58 bits per heavy atom. The summed E-state index contributed by atoms with van der Waals surface area (Å²) >= 11 is 0. The first-order chi connectivity index (χ1) is 9.13. The van der Waals surface area contributed by atoms with Gasteiger partial charge in [0, 0.05) is 5.92 Å². The van der Waals surface area contributed by atoms with Gasteiger partial charge in [-0.05, 0) is 30.4 Å². The SMILES string of the molecule is CCCc1ccc(C(O)C2CCCC2C(=O)O)cc1. The molecule has 19 heavy (non-hydrogen) atoms. The molecule has 1 aliphatic carbocycles. The third kappa shape index (κ3) is 3.16. The first-order valence-electron chi connectivity index (χ1n) is 7.13. The molecule has 2 N–H and O–H groups in total. The molecule has 0 aromatic heterocycles. The van der Waals surface area contributed by atoms with Crippen LogP contribution < -0.4 is 0 Å². The van der Waals surface area contributed by atoms with Gasteiger partial charge in [0.05, 0.1) is 12.0 Å². The third-order valence-electron chi connectivity index (χ3n) is 4.15. The molecular weight excluding hydrogens is 240 g/mol. The van der Waals surface area contributed by atoms with E-state index in [1.807, 2.05) is 24.3 Å². The second kappa shape index (κ2) is 6.20. The molecule has 1 aliphatic rings. The van der Waals surface area contributed by atoms with Gasteiger partial charge in [-0.25, -0.2) is 0 Å². The summed E-state index contributed by atoms with van der Waals surface area (Å²) in [6.07, 6.45) is 3.87. The highest BCUT2D eigenvalue weighted by Crippen LogP contribution is 2.40. The van der Waals surface area contributed by atoms with E-state index in [0.717, 1.165) is 31.2 Å². The summed E-state index contributed by atoms with van der Waals surface area (Å²) in [5.41, 5.74) is 2.11. The van der Waals surface area contributed by atoms with Crippen LogP contribution in [0.15, 0.2) is 24.3 Å². The minimum Gasteiger partial charge on any atom is -0.481 e.